The number of rotatable bonds is 3. The smallest absolute Gasteiger partial charge is 0.184 e. The lowest BCUT2D eigenvalue weighted by atomic mass is 10.2. The summed E-state index contributed by atoms with van der Waals surface area (Å²) < 4.78 is 16.4. The second-order valence-electron chi connectivity index (χ2n) is 3.61. The molecule has 1 aliphatic heterocycles. The molecule has 0 N–H and O–H groups in total. The molecule has 1 aromatic carbocycles. The fourth-order valence-corrected chi connectivity index (χ4v) is 1.58. The quantitative estimate of drug-likeness (QED) is 0.764. The molecule has 0 spiro atoms. The summed E-state index contributed by atoms with van der Waals surface area (Å²) in [6, 6.07) is 7.84. The molecule has 1 aromatic rings. The maximum absolute atomic E-state index is 5.58. The number of hydrogen-bond acceptors (Lipinski definition) is 3. The fraction of sp³-hybridized carbons (Fsp3) is 0.500. The third-order valence-electron chi connectivity index (χ3n) is 2.30. The Labute approximate surface area is 90.0 Å². The van der Waals surface area contributed by atoms with E-state index in [2.05, 4.69) is 0 Å². The molecule has 0 radical (unpaired) electrons. The third kappa shape index (κ3) is 2.49. The summed E-state index contributed by atoms with van der Waals surface area (Å²) >= 11 is 0. The van der Waals surface area contributed by atoms with Crippen LogP contribution in [0.3, 0.4) is 0 Å². The first-order chi connectivity index (χ1) is 7.29. The van der Waals surface area contributed by atoms with Gasteiger partial charge in [0, 0.05) is 5.56 Å². The van der Waals surface area contributed by atoms with E-state index >= 15 is 0 Å². The predicted octanol–water partition coefficient (Wildman–Crippen LogP) is 2.52. The van der Waals surface area contributed by atoms with E-state index in [0.717, 1.165) is 11.3 Å². The Hall–Kier alpha value is -1.06. The SMILES string of the molecule is CCOc1ccc(C2OCC(C)O2)cc1. The Bertz CT molecular complexity index is 307. The van der Waals surface area contributed by atoms with Crippen molar-refractivity contribution < 1.29 is 14.2 Å². The Morgan fingerprint density at radius 2 is 2.07 bits per heavy atom. The van der Waals surface area contributed by atoms with Crippen LogP contribution in [0, 0.1) is 0 Å². The molecule has 0 aromatic heterocycles. The average Bonchev–Trinajstić information content (AvgIpc) is 2.67. The molecule has 1 aliphatic rings. The lowest BCUT2D eigenvalue weighted by Gasteiger charge is -2.10. The van der Waals surface area contributed by atoms with Gasteiger partial charge in [-0.15, -0.1) is 0 Å². The second kappa shape index (κ2) is 4.64. The van der Waals surface area contributed by atoms with Gasteiger partial charge in [0.05, 0.1) is 19.3 Å². The van der Waals surface area contributed by atoms with Crippen LogP contribution in [-0.4, -0.2) is 19.3 Å². The van der Waals surface area contributed by atoms with Crippen LogP contribution in [0.25, 0.3) is 0 Å². The van der Waals surface area contributed by atoms with Gasteiger partial charge < -0.3 is 14.2 Å². The zero-order valence-electron chi connectivity index (χ0n) is 9.10. The molecule has 1 fully saturated rings. The van der Waals surface area contributed by atoms with E-state index in [9.17, 15) is 0 Å². The summed E-state index contributed by atoms with van der Waals surface area (Å²) in [5, 5.41) is 0. The van der Waals surface area contributed by atoms with Crippen LogP contribution in [0.4, 0.5) is 0 Å². The second-order valence-corrected chi connectivity index (χ2v) is 3.61. The van der Waals surface area contributed by atoms with Crippen molar-refractivity contribution in [1.82, 2.24) is 0 Å². The van der Waals surface area contributed by atoms with Gasteiger partial charge >= 0.3 is 0 Å². The molecule has 3 nitrogen and oxygen atoms in total. The molecule has 0 bridgehead atoms. The summed E-state index contributed by atoms with van der Waals surface area (Å²) in [4.78, 5) is 0. The van der Waals surface area contributed by atoms with E-state index < -0.39 is 0 Å². The highest BCUT2D eigenvalue weighted by molar-refractivity contribution is 5.28. The van der Waals surface area contributed by atoms with Gasteiger partial charge in [0.2, 0.25) is 0 Å². The van der Waals surface area contributed by atoms with Crippen molar-refractivity contribution in [1.29, 1.82) is 0 Å². The Morgan fingerprint density at radius 1 is 1.33 bits per heavy atom. The first-order valence-electron chi connectivity index (χ1n) is 5.29. The zero-order chi connectivity index (χ0) is 10.7. The van der Waals surface area contributed by atoms with Crippen LogP contribution in [0.5, 0.6) is 5.75 Å². The topological polar surface area (TPSA) is 27.7 Å². The van der Waals surface area contributed by atoms with Crippen molar-refractivity contribution in [2.75, 3.05) is 13.2 Å². The molecule has 1 saturated heterocycles. The standard InChI is InChI=1S/C12H16O3/c1-3-13-11-6-4-10(5-7-11)12-14-8-9(2)15-12/h4-7,9,12H,3,8H2,1-2H3. The molecule has 15 heavy (non-hydrogen) atoms. The monoisotopic (exact) mass is 208 g/mol. The van der Waals surface area contributed by atoms with Crippen LogP contribution in [-0.2, 0) is 9.47 Å². The molecule has 0 amide bonds. The highest BCUT2D eigenvalue weighted by Crippen LogP contribution is 2.27. The van der Waals surface area contributed by atoms with Crippen molar-refractivity contribution in [2.24, 2.45) is 0 Å². The first kappa shape index (κ1) is 10.5. The lowest BCUT2D eigenvalue weighted by Crippen LogP contribution is -2.02. The first-order valence-corrected chi connectivity index (χ1v) is 5.29. The molecule has 0 saturated carbocycles. The lowest BCUT2D eigenvalue weighted by molar-refractivity contribution is -0.0572. The van der Waals surface area contributed by atoms with Gasteiger partial charge in [0.1, 0.15) is 5.75 Å². The molecule has 2 atom stereocenters. The van der Waals surface area contributed by atoms with Gasteiger partial charge in [-0.2, -0.15) is 0 Å². The van der Waals surface area contributed by atoms with Gasteiger partial charge in [0.25, 0.3) is 0 Å². The van der Waals surface area contributed by atoms with Gasteiger partial charge in [-0.3, -0.25) is 0 Å². The molecule has 3 heteroatoms. The summed E-state index contributed by atoms with van der Waals surface area (Å²) in [7, 11) is 0. The Morgan fingerprint density at radius 3 is 2.60 bits per heavy atom. The van der Waals surface area contributed by atoms with Crippen LogP contribution >= 0.6 is 0 Å². The largest absolute Gasteiger partial charge is 0.494 e. The zero-order valence-corrected chi connectivity index (χ0v) is 9.10. The molecular weight excluding hydrogens is 192 g/mol. The summed E-state index contributed by atoms with van der Waals surface area (Å²) in [6.07, 6.45) is -0.0303. The van der Waals surface area contributed by atoms with Crippen LogP contribution in [0.1, 0.15) is 25.7 Å². The Kier molecular flexibility index (Phi) is 3.23. The molecule has 2 unspecified atom stereocenters. The van der Waals surface area contributed by atoms with Crippen molar-refractivity contribution in [3.05, 3.63) is 29.8 Å². The normalized spacial score (nSPS) is 25.5. The molecule has 1 heterocycles. The van der Waals surface area contributed by atoms with Crippen LogP contribution in [0.15, 0.2) is 24.3 Å². The maximum atomic E-state index is 5.58. The van der Waals surface area contributed by atoms with Gasteiger partial charge in [-0.25, -0.2) is 0 Å². The molecule has 2 rings (SSSR count). The average molecular weight is 208 g/mol. The van der Waals surface area contributed by atoms with Crippen molar-refractivity contribution in [3.63, 3.8) is 0 Å². The van der Waals surface area contributed by atoms with Crippen molar-refractivity contribution in [3.8, 4) is 5.75 Å². The highest BCUT2D eigenvalue weighted by Gasteiger charge is 2.23. The Balaban J connectivity index is 2.03. The molecule has 0 aliphatic carbocycles. The third-order valence-corrected chi connectivity index (χ3v) is 2.30. The molecule has 82 valence electrons. The van der Waals surface area contributed by atoms with Crippen LogP contribution in [0.2, 0.25) is 0 Å². The minimum Gasteiger partial charge on any atom is -0.494 e. The summed E-state index contributed by atoms with van der Waals surface area (Å²) in [5.74, 6) is 0.882. The number of hydrogen-bond donors (Lipinski definition) is 0. The summed E-state index contributed by atoms with van der Waals surface area (Å²) in [5.41, 5.74) is 1.04. The fourth-order valence-electron chi connectivity index (χ4n) is 1.58. The van der Waals surface area contributed by atoms with Crippen molar-refractivity contribution in [2.45, 2.75) is 26.2 Å². The number of benzene rings is 1. The minimum absolute atomic E-state index is 0.182. The van der Waals surface area contributed by atoms with Crippen molar-refractivity contribution >= 4 is 0 Å². The molecular formula is C12H16O3. The summed E-state index contributed by atoms with van der Waals surface area (Å²) in [6.45, 7) is 5.33. The van der Waals surface area contributed by atoms with E-state index in [-0.39, 0.29) is 12.4 Å². The van der Waals surface area contributed by atoms with E-state index in [1.54, 1.807) is 0 Å². The van der Waals surface area contributed by atoms with E-state index in [4.69, 9.17) is 14.2 Å². The van der Waals surface area contributed by atoms with E-state index in [1.165, 1.54) is 0 Å². The van der Waals surface area contributed by atoms with Gasteiger partial charge in [0.15, 0.2) is 6.29 Å². The highest BCUT2D eigenvalue weighted by atomic mass is 16.7. The minimum atomic E-state index is -0.212. The van der Waals surface area contributed by atoms with Crippen LogP contribution < -0.4 is 4.74 Å². The predicted molar refractivity (Wildman–Crippen MR) is 56.9 cm³/mol. The van der Waals surface area contributed by atoms with Gasteiger partial charge in [-0.05, 0) is 26.0 Å². The number of ether oxygens (including phenoxy) is 3. The van der Waals surface area contributed by atoms with E-state index in [1.807, 2.05) is 38.1 Å². The van der Waals surface area contributed by atoms with E-state index in [0.29, 0.717) is 13.2 Å². The maximum Gasteiger partial charge on any atom is 0.184 e. The van der Waals surface area contributed by atoms with Gasteiger partial charge in [-0.1, -0.05) is 12.1 Å².